The number of anilines is 2. The largest absolute Gasteiger partial charge is 0.454 e. The third kappa shape index (κ3) is 3.40. The summed E-state index contributed by atoms with van der Waals surface area (Å²) in [6, 6.07) is 24.5. The van der Waals surface area contributed by atoms with Crippen LogP contribution in [-0.4, -0.2) is 18.2 Å². The molecule has 3 heteroatoms. The van der Waals surface area contributed by atoms with Gasteiger partial charge in [0.2, 0.25) is 0 Å². The van der Waals surface area contributed by atoms with Crippen molar-refractivity contribution < 1.29 is 4.42 Å². The van der Waals surface area contributed by atoms with Crippen LogP contribution in [0.15, 0.2) is 71.1 Å². The molecular formula is C30H36N2O. The van der Waals surface area contributed by atoms with Gasteiger partial charge in [-0.15, -0.1) is 0 Å². The Kier molecular flexibility index (Phi) is 5.19. The number of benzene rings is 3. The second kappa shape index (κ2) is 7.83. The minimum Gasteiger partial charge on any atom is -0.454 e. The van der Waals surface area contributed by atoms with Crippen molar-refractivity contribution in [2.75, 3.05) is 9.80 Å². The molecular weight excluding hydrogens is 404 g/mol. The Labute approximate surface area is 198 Å². The number of fused-ring (bicyclic) bond motifs is 3. The van der Waals surface area contributed by atoms with Crippen LogP contribution < -0.4 is 9.80 Å². The standard InChI is InChI=1S/C30H36N2O/c1-19(2)26-21(4)31(29(30(5,6)7)32(26)22-13-9-8-10-14-22)27-20(3)17-18-24-23-15-11-12-16-25(23)33-28(24)27/h8-19,21,26,29H,1-7H3/t21-,26?,29?/m0/s1. The first kappa shape index (κ1) is 21.9. The van der Waals surface area contributed by atoms with E-state index < -0.39 is 0 Å². The molecule has 0 aliphatic carbocycles. The predicted octanol–water partition coefficient (Wildman–Crippen LogP) is 8.01. The zero-order chi connectivity index (χ0) is 23.5. The Morgan fingerprint density at radius 3 is 2.15 bits per heavy atom. The molecule has 1 aliphatic heterocycles. The van der Waals surface area contributed by atoms with E-state index in [0.29, 0.717) is 18.0 Å². The van der Waals surface area contributed by atoms with E-state index in [2.05, 4.69) is 125 Å². The molecule has 3 aromatic carbocycles. The lowest BCUT2D eigenvalue weighted by Gasteiger charge is -2.43. The van der Waals surface area contributed by atoms with Crippen molar-refractivity contribution in [3.63, 3.8) is 0 Å². The summed E-state index contributed by atoms with van der Waals surface area (Å²) in [4.78, 5) is 5.34. The fourth-order valence-corrected chi connectivity index (χ4v) is 6.06. The number of hydrogen-bond donors (Lipinski definition) is 0. The molecule has 1 aliphatic rings. The van der Waals surface area contributed by atoms with Gasteiger partial charge in [0.15, 0.2) is 5.58 Å². The average Bonchev–Trinajstić information content (AvgIpc) is 3.29. The summed E-state index contributed by atoms with van der Waals surface area (Å²) in [6.07, 6.45) is 0.194. The maximum atomic E-state index is 6.56. The van der Waals surface area contributed by atoms with Gasteiger partial charge in [0, 0.05) is 27.9 Å². The molecule has 0 amide bonds. The van der Waals surface area contributed by atoms with E-state index in [9.17, 15) is 0 Å². The lowest BCUT2D eigenvalue weighted by atomic mass is 9.89. The van der Waals surface area contributed by atoms with E-state index in [1.807, 2.05) is 0 Å². The fraction of sp³-hybridized carbons (Fsp3) is 0.400. The minimum absolute atomic E-state index is 0.0222. The van der Waals surface area contributed by atoms with Gasteiger partial charge in [-0.3, -0.25) is 0 Å². The van der Waals surface area contributed by atoms with Crippen molar-refractivity contribution in [1.82, 2.24) is 0 Å². The normalized spacial score (nSPS) is 21.6. The number of para-hydroxylation sites is 2. The molecule has 0 radical (unpaired) electrons. The van der Waals surface area contributed by atoms with Crippen LogP contribution in [-0.2, 0) is 0 Å². The fourth-order valence-electron chi connectivity index (χ4n) is 6.06. The van der Waals surface area contributed by atoms with Crippen LogP contribution in [0.5, 0.6) is 0 Å². The van der Waals surface area contributed by atoms with E-state index in [1.54, 1.807) is 0 Å². The van der Waals surface area contributed by atoms with Gasteiger partial charge >= 0.3 is 0 Å². The minimum atomic E-state index is 0.0222. The zero-order valence-corrected chi connectivity index (χ0v) is 21.0. The molecule has 0 N–H and O–H groups in total. The van der Waals surface area contributed by atoms with Crippen molar-refractivity contribution >= 4 is 33.3 Å². The predicted molar refractivity (Wildman–Crippen MR) is 141 cm³/mol. The molecule has 5 rings (SSSR count). The summed E-state index contributed by atoms with van der Waals surface area (Å²) in [5.74, 6) is 0.505. The van der Waals surface area contributed by atoms with Crippen LogP contribution in [0.1, 0.15) is 47.1 Å². The van der Waals surface area contributed by atoms with E-state index in [0.717, 1.165) is 11.2 Å². The highest BCUT2D eigenvalue weighted by molar-refractivity contribution is 6.09. The third-order valence-corrected chi connectivity index (χ3v) is 7.27. The molecule has 1 fully saturated rings. The van der Waals surface area contributed by atoms with Gasteiger partial charge < -0.3 is 14.2 Å². The summed E-state index contributed by atoms with van der Waals surface area (Å²) in [6.45, 7) is 16.4. The van der Waals surface area contributed by atoms with E-state index in [1.165, 1.54) is 27.7 Å². The summed E-state index contributed by atoms with van der Waals surface area (Å²) >= 11 is 0. The number of aryl methyl sites for hydroxylation is 1. The first-order valence-corrected chi connectivity index (χ1v) is 12.2. The van der Waals surface area contributed by atoms with Crippen LogP contribution in [0.25, 0.3) is 21.9 Å². The lowest BCUT2D eigenvalue weighted by molar-refractivity contribution is 0.312. The van der Waals surface area contributed by atoms with Crippen molar-refractivity contribution in [3.8, 4) is 0 Å². The maximum Gasteiger partial charge on any atom is 0.159 e. The second-order valence-electron chi connectivity index (χ2n) is 11.1. The first-order chi connectivity index (χ1) is 15.7. The third-order valence-electron chi connectivity index (χ3n) is 7.27. The van der Waals surface area contributed by atoms with Crippen molar-refractivity contribution in [2.45, 2.75) is 66.7 Å². The van der Waals surface area contributed by atoms with Crippen LogP contribution in [0, 0.1) is 18.3 Å². The summed E-state index contributed by atoms with van der Waals surface area (Å²) in [5.41, 5.74) is 5.78. The van der Waals surface area contributed by atoms with E-state index in [4.69, 9.17) is 4.42 Å². The number of hydrogen-bond acceptors (Lipinski definition) is 3. The average molecular weight is 441 g/mol. The van der Waals surface area contributed by atoms with Gasteiger partial charge in [-0.2, -0.15) is 0 Å². The molecule has 1 aromatic heterocycles. The lowest BCUT2D eigenvalue weighted by Crippen LogP contribution is -2.50. The molecule has 2 heterocycles. The van der Waals surface area contributed by atoms with Crippen molar-refractivity contribution in [2.24, 2.45) is 11.3 Å². The van der Waals surface area contributed by atoms with Crippen LogP contribution >= 0.6 is 0 Å². The highest BCUT2D eigenvalue weighted by Gasteiger charge is 2.51. The Balaban J connectivity index is 1.80. The Morgan fingerprint density at radius 2 is 1.48 bits per heavy atom. The SMILES string of the molecule is Cc1ccc2c(oc3ccccc32)c1N1C(C(C)(C)C)N(c2ccccc2)C(C(C)C)[C@@H]1C. The number of nitrogens with zero attached hydrogens (tertiary/aromatic N) is 2. The topological polar surface area (TPSA) is 19.6 Å². The molecule has 0 saturated carbocycles. The molecule has 4 aromatic rings. The van der Waals surface area contributed by atoms with Crippen LogP contribution in [0.3, 0.4) is 0 Å². The summed E-state index contributed by atoms with van der Waals surface area (Å²) in [5, 5.41) is 2.39. The van der Waals surface area contributed by atoms with Gasteiger partial charge in [0.25, 0.3) is 0 Å². The van der Waals surface area contributed by atoms with Gasteiger partial charge in [-0.25, -0.2) is 0 Å². The summed E-state index contributed by atoms with van der Waals surface area (Å²) in [7, 11) is 0. The van der Waals surface area contributed by atoms with Crippen molar-refractivity contribution in [1.29, 1.82) is 0 Å². The van der Waals surface area contributed by atoms with Gasteiger partial charge in [0.05, 0.1) is 11.7 Å². The maximum absolute atomic E-state index is 6.56. The molecule has 1 saturated heterocycles. The smallest absolute Gasteiger partial charge is 0.159 e. The highest BCUT2D eigenvalue weighted by atomic mass is 16.3. The monoisotopic (exact) mass is 440 g/mol. The van der Waals surface area contributed by atoms with Gasteiger partial charge in [-0.1, -0.05) is 83.1 Å². The van der Waals surface area contributed by atoms with Gasteiger partial charge in [0.1, 0.15) is 11.7 Å². The van der Waals surface area contributed by atoms with Gasteiger partial charge in [-0.05, 0) is 43.5 Å². The van der Waals surface area contributed by atoms with E-state index in [-0.39, 0.29) is 11.6 Å². The number of rotatable bonds is 3. The van der Waals surface area contributed by atoms with Crippen molar-refractivity contribution in [3.05, 3.63) is 72.3 Å². The molecule has 0 spiro atoms. The Hall–Kier alpha value is -2.94. The molecule has 3 nitrogen and oxygen atoms in total. The second-order valence-corrected chi connectivity index (χ2v) is 11.1. The van der Waals surface area contributed by atoms with E-state index >= 15 is 0 Å². The molecule has 3 atom stereocenters. The first-order valence-electron chi connectivity index (χ1n) is 12.2. The quantitative estimate of drug-likeness (QED) is 0.322. The molecule has 2 unspecified atom stereocenters. The highest BCUT2D eigenvalue weighted by Crippen LogP contribution is 2.48. The molecule has 33 heavy (non-hydrogen) atoms. The number of furan rings is 1. The molecule has 0 bridgehead atoms. The van der Waals surface area contributed by atoms with Crippen LogP contribution in [0.2, 0.25) is 0 Å². The Morgan fingerprint density at radius 1 is 0.818 bits per heavy atom. The Bertz CT molecular complexity index is 1280. The molecule has 172 valence electrons. The zero-order valence-electron chi connectivity index (χ0n) is 21.0. The summed E-state index contributed by atoms with van der Waals surface area (Å²) < 4.78 is 6.56. The van der Waals surface area contributed by atoms with Crippen LogP contribution in [0.4, 0.5) is 11.4 Å².